The zero-order chi connectivity index (χ0) is 16.2. The van der Waals surface area contributed by atoms with E-state index in [0.29, 0.717) is 12.1 Å². The largest absolute Gasteiger partial charge is 0.339 e. The Balaban J connectivity index is 0.00000208. The van der Waals surface area contributed by atoms with Crippen molar-refractivity contribution < 1.29 is 9.59 Å². The van der Waals surface area contributed by atoms with E-state index in [0.717, 1.165) is 49.6 Å². The smallest absolute Gasteiger partial charge is 0.253 e. The van der Waals surface area contributed by atoms with Gasteiger partial charge >= 0.3 is 0 Å². The van der Waals surface area contributed by atoms with Crippen molar-refractivity contribution in [3.8, 4) is 0 Å². The van der Waals surface area contributed by atoms with Crippen molar-refractivity contribution in [2.75, 3.05) is 31.5 Å². The zero-order valence-corrected chi connectivity index (χ0v) is 15.0. The summed E-state index contributed by atoms with van der Waals surface area (Å²) in [6, 6.07) is 5.51. The van der Waals surface area contributed by atoms with Crippen molar-refractivity contribution in [1.82, 2.24) is 10.2 Å². The number of benzene rings is 1. The van der Waals surface area contributed by atoms with Crippen molar-refractivity contribution in [3.63, 3.8) is 0 Å². The standard InChI is InChI=1S/C18H25N3O2.ClH/c1-13-10-15(18(23)21-8-2-3-9-21)6-7-16(13)20-17(22)12-19-11-14-4-5-14;/h6-7,10,14,19H,2-5,8-9,11-12H2,1H3,(H,20,22);1H. The van der Waals surface area contributed by atoms with Crippen molar-refractivity contribution in [2.24, 2.45) is 5.92 Å². The lowest BCUT2D eigenvalue weighted by Crippen LogP contribution is -2.30. The summed E-state index contributed by atoms with van der Waals surface area (Å²) < 4.78 is 0. The van der Waals surface area contributed by atoms with Crippen molar-refractivity contribution >= 4 is 29.9 Å². The number of aryl methyl sites for hydroxylation is 1. The first-order chi connectivity index (χ1) is 11.1. The van der Waals surface area contributed by atoms with Gasteiger partial charge in [0.1, 0.15) is 0 Å². The molecule has 0 spiro atoms. The Morgan fingerprint density at radius 2 is 1.92 bits per heavy atom. The summed E-state index contributed by atoms with van der Waals surface area (Å²) in [5, 5.41) is 6.09. The van der Waals surface area contributed by atoms with Gasteiger partial charge < -0.3 is 15.5 Å². The van der Waals surface area contributed by atoms with E-state index in [4.69, 9.17) is 0 Å². The monoisotopic (exact) mass is 351 g/mol. The van der Waals surface area contributed by atoms with Crippen LogP contribution >= 0.6 is 12.4 Å². The molecule has 6 heteroatoms. The predicted octanol–water partition coefficient (Wildman–Crippen LogP) is 2.59. The predicted molar refractivity (Wildman–Crippen MR) is 97.8 cm³/mol. The normalized spacial score (nSPS) is 16.6. The topological polar surface area (TPSA) is 61.4 Å². The van der Waals surface area contributed by atoms with Crippen LogP contribution in [0.4, 0.5) is 5.69 Å². The van der Waals surface area contributed by atoms with Crippen LogP contribution in [0.1, 0.15) is 41.6 Å². The molecule has 5 nitrogen and oxygen atoms in total. The summed E-state index contributed by atoms with van der Waals surface area (Å²) in [4.78, 5) is 26.2. The van der Waals surface area contributed by atoms with Crippen LogP contribution in [0, 0.1) is 12.8 Å². The van der Waals surface area contributed by atoms with Gasteiger partial charge in [-0.25, -0.2) is 0 Å². The summed E-state index contributed by atoms with van der Waals surface area (Å²) in [6.07, 6.45) is 4.74. The molecule has 1 heterocycles. The minimum Gasteiger partial charge on any atom is -0.339 e. The molecule has 2 fully saturated rings. The third-order valence-electron chi connectivity index (χ3n) is 4.56. The van der Waals surface area contributed by atoms with Gasteiger partial charge in [-0.1, -0.05) is 0 Å². The fourth-order valence-corrected chi connectivity index (χ4v) is 2.95. The molecular formula is C18H26ClN3O2. The first-order valence-corrected chi connectivity index (χ1v) is 8.54. The average molecular weight is 352 g/mol. The number of hydrogen-bond donors (Lipinski definition) is 2. The van der Waals surface area contributed by atoms with E-state index in [1.807, 2.05) is 24.0 Å². The van der Waals surface area contributed by atoms with Crippen LogP contribution in [-0.2, 0) is 4.79 Å². The van der Waals surface area contributed by atoms with Crippen LogP contribution < -0.4 is 10.6 Å². The molecule has 2 amide bonds. The van der Waals surface area contributed by atoms with E-state index >= 15 is 0 Å². The summed E-state index contributed by atoms with van der Waals surface area (Å²) in [5.41, 5.74) is 2.40. The minimum atomic E-state index is -0.0348. The Labute approximate surface area is 149 Å². The van der Waals surface area contributed by atoms with Crippen LogP contribution in [-0.4, -0.2) is 42.9 Å². The van der Waals surface area contributed by atoms with E-state index in [2.05, 4.69) is 10.6 Å². The second-order valence-electron chi connectivity index (χ2n) is 6.65. The SMILES string of the molecule is Cc1cc(C(=O)N2CCCC2)ccc1NC(=O)CNCC1CC1.Cl. The van der Waals surface area contributed by atoms with Gasteiger partial charge in [-0.05, 0) is 68.8 Å². The maximum atomic E-state index is 12.4. The first kappa shape index (κ1) is 18.7. The molecule has 1 aliphatic heterocycles. The number of hydrogen-bond acceptors (Lipinski definition) is 3. The van der Waals surface area contributed by atoms with Crippen LogP contribution in [0.15, 0.2) is 18.2 Å². The zero-order valence-electron chi connectivity index (χ0n) is 14.1. The molecule has 0 bridgehead atoms. The molecule has 2 aliphatic rings. The molecular weight excluding hydrogens is 326 g/mol. The van der Waals surface area contributed by atoms with Gasteiger partial charge in [-0.15, -0.1) is 12.4 Å². The number of anilines is 1. The summed E-state index contributed by atoms with van der Waals surface area (Å²) in [6.45, 7) is 4.89. The quantitative estimate of drug-likeness (QED) is 0.828. The second-order valence-corrected chi connectivity index (χ2v) is 6.65. The maximum Gasteiger partial charge on any atom is 0.253 e. The molecule has 1 aromatic rings. The summed E-state index contributed by atoms with van der Waals surface area (Å²) in [7, 11) is 0. The third kappa shape index (κ3) is 4.95. The Morgan fingerprint density at radius 3 is 2.54 bits per heavy atom. The number of carbonyl (C=O) groups is 2. The number of nitrogens with one attached hydrogen (secondary N) is 2. The van der Waals surface area contributed by atoms with Gasteiger partial charge in [0.25, 0.3) is 5.91 Å². The molecule has 3 rings (SSSR count). The molecule has 1 aliphatic carbocycles. The van der Waals surface area contributed by atoms with Crippen LogP contribution in [0.5, 0.6) is 0 Å². The molecule has 24 heavy (non-hydrogen) atoms. The van der Waals surface area contributed by atoms with Crippen LogP contribution in [0.2, 0.25) is 0 Å². The van der Waals surface area contributed by atoms with Crippen LogP contribution in [0.25, 0.3) is 0 Å². The van der Waals surface area contributed by atoms with Gasteiger partial charge in [0.15, 0.2) is 0 Å². The summed E-state index contributed by atoms with van der Waals surface area (Å²) in [5.74, 6) is 0.822. The van der Waals surface area contributed by atoms with Crippen molar-refractivity contribution in [3.05, 3.63) is 29.3 Å². The molecule has 2 N–H and O–H groups in total. The lowest BCUT2D eigenvalue weighted by Gasteiger charge is -2.16. The van der Waals surface area contributed by atoms with Crippen LogP contribution in [0.3, 0.4) is 0 Å². The molecule has 1 saturated carbocycles. The molecule has 1 aromatic carbocycles. The van der Waals surface area contributed by atoms with Gasteiger partial charge in [0, 0.05) is 24.3 Å². The highest BCUT2D eigenvalue weighted by Crippen LogP contribution is 2.27. The lowest BCUT2D eigenvalue weighted by atomic mass is 10.1. The number of likely N-dealkylation sites (tertiary alicyclic amines) is 1. The van der Waals surface area contributed by atoms with E-state index in [1.54, 1.807) is 6.07 Å². The summed E-state index contributed by atoms with van der Waals surface area (Å²) >= 11 is 0. The molecule has 0 radical (unpaired) electrons. The second kappa shape index (κ2) is 8.49. The molecule has 0 aromatic heterocycles. The highest BCUT2D eigenvalue weighted by Gasteiger charge is 2.21. The highest BCUT2D eigenvalue weighted by molar-refractivity contribution is 5.97. The van der Waals surface area contributed by atoms with Crippen molar-refractivity contribution in [1.29, 1.82) is 0 Å². The van der Waals surface area contributed by atoms with Gasteiger partial charge in [0.05, 0.1) is 6.54 Å². The Hall–Kier alpha value is -1.59. The van der Waals surface area contributed by atoms with E-state index < -0.39 is 0 Å². The number of amides is 2. The van der Waals surface area contributed by atoms with E-state index in [-0.39, 0.29) is 24.2 Å². The Morgan fingerprint density at radius 1 is 1.21 bits per heavy atom. The van der Waals surface area contributed by atoms with Gasteiger partial charge in [-0.3, -0.25) is 9.59 Å². The molecule has 0 unspecified atom stereocenters. The first-order valence-electron chi connectivity index (χ1n) is 8.54. The fraction of sp³-hybridized carbons (Fsp3) is 0.556. The highest BCUT2D eigenvalue weighted by atomic mass is 35.5. The number of carbonyl (C=O) groups excluding carboxylic acids is 2. The fourth-order valence-electron chi connectivity index (χ4n) is 2.95. The van der Waals surface area contributed by atoms with E-state index in [1.165, 1.54) is 12.8 Å². The van der Waals surface area contributed by atoms with Crippen molar-refractivity contribution in [2.45, 2.75) is 32.6 Å². The average Bonchev–Trinajstić information content (AvgIpc) is 3.19. The number of nitrogens with zero attached hydrogens (tertiary/aromatic N) is 1. The molecule has 0 atom stereocenters. The number of rotatable bonds is 6. The molecule has 1 saturated heterocycles. The Bertz CT molecular complexity index is 596. The lowest BCUT2D eigenvalue weighted by molar-refractivity contribution is -0.115. The molecule has 132 valence electrons. The third-order valence-corrected chi connectivity index (χ3v) is 4.56. The van der Waals surface area contributed by atoms with E-state index in [9.17, 15) is 9.59 Å². The maximum absolute atomic E-state index is 12.4. The minimum absolute atomic E-state index is 0. The Kier molecular flexibility index (Phi) is 6.63. The van der Waals surface area contributed by atoms with Gasteiger partial charge in [-0.2, -0.15) is 0 Å². The van der Waals surface area contributed by atoms with Gasteiger partial charge in [0.2, 0.25) is 5.91 Å². The number of halogens is 1.